The first-order chi connectivity index (χ1) is 10.2. The van der Waals surface area contributed by atoms with Gasteiger partial charge in [0, 0.05) is 22.0 Å². The topological polar surface area (TPSA) is 42.1 Å². The highest BCUT2D eigenvalue weighted by atomic mass is 79.9. The maximum atomic E-state index is 11.8. The van der Waals surface area contributed by atoms with Gasteiger partial charge in [0.05, 0.1) is 5.69 Å². The quantitative estimate of drug-likeness (QED) is 0.717. The third kappa shape index (κ3) is 1.90. The number of hydrogen-bond acceptors (Lipinski definition) is 2. The van der Waals surface area contributed by atoms with E-state index in [9.17, 15) is 4.79 Å². The zero-order chi connectivity index (χ0) is 14.4. The van der Waals surface area contributed by atoms with E-state index < -0.39 is 5.60 Å². The van der Waals surface area contributed by atoms with Crippen LogP contribution in [0, 0.1) is 0 Å². The van der Waals surface area contributed by atoms with Gasteiger partial charge in [-0.05, 0) is 35.7 Å². The Morgan fingerprint density at radius 3 is 2.86 bits per heavy atom. The number of aldehydes is 1. The second-order valence-electron chi connectivity index (χ2n) is 5.31. The molecule has 0 radical (unpaired) electrons. The van der Waals surface area contributed by atoms with Crippen LogP contribution in [0.25, 0.3) is 10.9 Å². The van der Waals surface area contributed by atoms with Crippen LogP contribution in [0.3, 0.4) is 0 Å². The first-order valence-corrected chi connectivity index (χ1v) is 7.51. The van der Waals surface area contributed by atoms with Crippen molar-refractivity contribution in [3.8, 4) is 5.75 Å². The molecule has 4 heteroatoms. The highest BCUT2D eigenvalue weighted by molar-refractivity contribution is 9.10. The van der Waals surface area contributed by atoms with E-state index in [4.69, 9.17) is 4.74 Å². The largest absolute Gasteiger partial charge is 0.473 e. The molecular formula is C17H12BrNO2. The molecule has 1 atom stereocenters. The van der Waals surface area contributed by atoms with Crippen LogP contribution in [-0.2, 0) is 16.8 Å². The lowest BCUT2D eigenvalue weighted by molar-refractivity contribution is -0.121. The molecule has 0 aliphatic carbocycles. The van der Waals surface area contributed by atoms with Crippen molar-refractivity contribution in [3.05, 3.63) is 64.3 Å². The van der Waals surface area contributed by atoms with Gasteiger partial charge >= 0.3 is 0 Å². The summed E-state index contributed by atoms with van der Waals surface area (Å²) in [6.45, 7) is 0. The van der Waals surface area contributed by atoms with Crippen molar-refractivity contribution in [3.63, 3.8) is 0 Å². The summed E-state index contributed by atoms with van der Waals surface area (Å²) >= 11 is 3.46. The van der Waals surface area contributed by atoms with Gasteiger partial charge in [0.1, 0.15) is 5.75 Å². The number of H-pyrrole nitrogens is 1. The molecular weight excluding hydrogens is 330 g/mol. The molecule has 0 fully saturated rings. The molecule has 2 aromatic carbocycles. The minimum atomic E-state index is -0.956. The predicted molar refractivity (Wildman–Crippen MR) is 84.5 cm³/mol. The molecule has 4 rings (SSSR count). The molecule has 1 aliphatic rings. The van der Waals surface area contributed by atoms with Crippen molar-refractivity contribution >= 4 is 33.1 Å². The van der Waals surface area contributed by atoms with Crippen LogP contribution in [0.5, 0.6) is 5.75 Å². The van der Waals surface area contributed by atoms with Gasteiger partial charge in [-0.3, -0.25) is 4.79 Å². The van der Waals surface area contributed by atoms with Gasteiger partial charge in [0.25, 0.3) is 0 Å². The smallest absolute Gasteiger partial charge is 0.207 e. The van der Waals surface area contributed by atoms with Crippen molar-refractivity contribution in [2.45, 2.75) is 12.0 Å². The number of fused-ring (bicyclic) bond motifs is 2. The number of benzene rings is 2. The van der Waals surface area contributed by atoms with E-state index in [1.54, 1.807) is 0 Å². The number of ether oxygens (including phenoxy) is 1. The monoisotopic (exact) mass is 341 g/mol. The molecule has 2 heterocycles. The molecule has 1 unspecified atom stereocenters. The predicted octanol–water partition coefficient (Wildman–Crippen LogP) is 3.96. The Hall–Kier alpha value is -2.07. The fraction of sp³-hybridized carbons (Fsp3) is 0.118. The average Bonchev–Trinajstić information content (AvgIpc) is 3.08. The van der Waals surface area contributed by atoms with Crippen LogP contribution in [0.4, 0.5) is 0 Å². The molecule has 0 saturated carbocycles. The third-order valence-electron chi connectivity index (χ3n) is 3.94. The first kappa shape index (κ1) is 12.7. The molecule has 0 bridgehead atoms. The van der Waals surface area contributed by atoms with Gasteiger partial charge in [-0.2, -0.15) is 0 Å². The van der Waals surface area contributed by atoms with E-state index in [-0.39, 0.29) is 0 Å². The molecule has 1 aliphatic heterocycles. The summed E-state index contributed by atoms with van der Waals surface area (Å²) in [4.78, 5) is 15.1. The highest BCUT2D eigenvalue weighted by Crippen LogP contribution is 2.41. The second kappa shape index (κ2) is 4.46. The van der Waals surface area contributed by atoms with Crippen molar-refractivity contribution in [2.75, 3.05) is 0 Å². The Balaban J connectivity index is 1.84. The molecule has 0 saturated heterocycles. The Morgan fingerprint density at radius 1 is 1.19 bits per heavy atom. The summed E-state index contributed by atoms with van der Waals surface area (Å²) in [6, 6.07) is 15.8. The average molecular weight is 342 g/mol. The van der Waals surface area contributed by atoms with Crippen LogP contribution in [0.1, 0.15) is 11.3 Å². The van der Waals surface area contributed by atoms with Crippen LogP contribution in [-0.4, -0.2) is 11.3 Å². The fourth-order valence-corrected chi connectivity index (χ4v) is 3.29. The van der Waals surface area contributed by atoms with Gasteiger partial charge in [-0.1, -0.05) is 34.1 Å². The van der Waals surface area contributed by atoms with Crippen molar-refractivity contribution in [2.24, 2.45) is 0 Å². The van der Waals surface area contributed by atoms with Crippen LogP contribution in [0.2, 0.25) is 0 Å². The lowest BCUT2D eigenvalue weighted by Crippen LogP contribution is -2.33. The van der Waals surface area contributed by atoms with Gasteiger partial charge < -0.3 is 9.72 Å². The summed E-state index contributed by atoms with van der Waals surface area (Å²) in [6.07, 6.45) is 1.43. The van der Waals surface area contributed by atoms with E-state index in [0.717, 1.165) is 38.7 Å². The lowest BCUT2D eigenvalue weighted by atomic mass is 9.95. The molecule has 1 N–H and O–H groups in total. The standard InChI is InChI=1S/C17H12BrNO2/c18-13-5-6-15-12(7-13)9-17(10-20,21-15)16-8-11-3-1-2-4-14(11)19-16/h1-8,10,19H,9H2. The fourth-order valence-electron chi connectivity index (χ4n) is 2.88. The SMILES string of the molecule is O=CC1(c2cc3ccccc3[nH]2)Cc2cc(Br)ccc2O1. The number of halogens is 1. The molecule has 21 heavy (non-hydrogen) atoms. The van der Waals surface area contributed by atoms with E-state index in [1.165, 1.54) is 0 Å². The first-order valence-electron chi connectivity index (χ1n) is 6.72. The van der Waals surface area contributed by atoms with Crippen molar-refractivity contribution < 1.29 is 9.53 Å². The summed E-state index contributed by atoms with van der Waals surface area (Å²) < 4.78 is 6.98. The van der Waals surface area contributed by atoms with Crippen LogP contribution in [0.15, 0.2) is 53.0 Å². The third-order valence-corrected chi connectivity index (χ3v) is 4.44. The van der Waals surface area contributed by atoms with Crippen molar-refractivity contribution in [1.29, 1.82) is 0 Å². The van der Waals surface area contributed by atoms with E-state index in [1.807, 2.05) is 48.5 Å². The molecule has 0 spiro atoms. The number of carbonyl (C=O) groups is 1. The van der Waals surface area contributed by atoms with E-state index in [0.29, 0.717) is 6.42 Å². The van der Waals surface area contributed by atoms with Gasteiger partial charge in [-0.15, -0.1) is 0 Å². The second-order valence-corrected chi connectivity index (χ2v) is 6.22. The zero-order valence-electron chi connectivity index (χ0n) is 11.1. The molecule has 3 nitrogen and oxygen atoms in total. The Kier molecular flexibility index (Phi) is 2.69. The number of para-hydroxylation sites is 1. The molecule has 1 aromatic heterocycles. The summed E-state index contributed by atoms with van der Waals surface area (Å²) in [5, 5.41) is 1.08. The van der Waals surface area contributed by atoms with Gasteiger partial charge in [0.2, 0.25) is 5.60 Å². The number of nitrogens with one attached hydrogen (secondary N) is 1. The number of rotatable bonds is 2. The zero-order valence-corrected chi connectivity index (χ0v) is 12.7. The maximum absolute atomic E-state index is 11.8. The summed E-state index contributed by atoms with van der Waals surface area (Å²) in [5.41, 5.74) is 1.89. The van der Waals surface area contributed by atoms with E-state index >= 15 is 0 Å². The van der Waals surface area contributed by atoms with E-state index in [2.05, 4.69) is 20.9 Å². The molecule has 104 valence electrons. The molecule has 0 amide bonds. The van der Waals surface area contributed by atoms with Crippen LogP contribution < -0.4 is 4.74 Å². The number of aromatic amines is 1. The minimum absolute atomic E-state index is 0.540. The van der Waals surface area contributed by atoms with Gasteiger partial charge in [-0.25, -0.2) is 0 Å². The number of hydrogen-bond donors (Lipinski definition) is 1. The normalized spacial score (nSPS) is 20.2. The maximum Gasteiger partial charge on any atom is 0.207 e. The lowest BCUT2D eigenvalue weighted by Gasteiger charge is -2.20. The van der Waals surface area contributed by atoms with Crippen LogP contribution >= 0.6 is 15.9 Å². The summed E-state index contributed by atoms with van der Waals surface area (Å²) in [5.74, 6) is 0.768. The van der Waals surface area contributed by atoms with Crippen molar-refractivity contribution in [1.82, 2.24) is 4.98 Å². The molecule has 3 aromatic rings. The van der Waals surface area contributed by atoms with Gasteiger partial charge in [0.15, 0.2) is 6.29 Å². The number of aromatic nitrogens is 1. The minimum Gasteiger partial charge on any atom is -0.473 e. The number of carbonyl (C=O) groups excluding carboxylic acids is 1. The Labute approximate surface area is 130 Å². The summed E-state index contributed by atoms with van der Waals surface area (Å²) in [7, 11) is 0. The Bertz CT molecular complexity index is 822. The highest BCUT2D eigenvalue weighted by Gasteiger charge is 2.42. The Morgan fingerprint density at radius 2 is 2.05 bits per heavy atom.